The Bertz CT molecular complexity index is 932. The van der Waals surface area contributed by atoms with E-state index in [9.17, 15) is 18.0 Å². The molecule has 158 valence electrons. The zero-order valence-corrected chi connectivity index (χ0v) is 17.5. The van der Waals surface area contributed by atoms with Crippen molar-refractivity contribution in [2.75, 3.05) is 47.4 Å². The first-order valence-electron chi connectivity index (χ1n) is 9.46. The maximum Gasteiger partial charge on any atom is 0.254 e. The van der Waals surface area contributed by atoms with Crippen LogP contribution in [0.5, 0.6) is 5.75 Å². The quantitative estimate of drug-likeness (QED) is 0.664. The zero-order chi connectivity index (χ0) is 21.0. The second-order valence-electron chi connectivity index (χ2n) is 8.04. The van der Waals surface area contributed by atoms with Crippen LogP contribution in [0.25, 0.3) is 0 Å². The normalized spacial score (nSPS) is 30.1. The van der Waals surface area contributed by atoms with Crippen LogP contribution in [0.1, 0.15) is 16.8 Å². The highest BCUT2D eigenvalue weighted by Gasteiger charge is 2.65. The molecule has 3 aliphatic rings. The molecule has 3 aliphatic heterocycles. The zero-order valence-electron chi connectivity index (χ0n) is 16.7. The van der Waals surface area contributed by atoms with Crippen molar-refractivity contribution in [2.24, 2.45) is 0 Å². The number of likely N-dealkylation sites (N-methyl/N-ethyl adjacent to an activating group) is 1. The Balaban J connectivity index is 1.56. The Labute approximate surface area is 170 Å². The lowest BCUT2D eigenvalue weighted by molar-refractivity contribution is -0.130. The van der Waals surface area contributed by atoms with Crippen LogP contribution in [0.3, 0.4) is 0 Å². The van der Waals surface area contributed by atoms with Crippen molar-refractivity contribution in [1.29, 1.82) is 0 Å². The van der Waals surface area contributed by atoms with Gasteiger partial charge in [-0.2, -0.15) is 4.31 Å². The topological polar surface area (TPSA) is 96.5 Å². The van der Waals surface area contributed by atoms with Crippen molar-refractivity contribution < 1.29 is 27.5 Å². The number of carbonyl (C=O) groups excluding carboxylic acids is 2. The van der Waals surface area contributed by atoms with Gasteiger partial charge in [-0.15, -0.1) is 0 Å². The highest BCUT2D eigenvalue weighted by Crippen LogP contribution is 2.46. The van der Waals surface area contributed by atoms with Crippen molar-refractivity contribution >= 4 is 21.8 Å². The number of amides is 2. The maximum absolute atomic E-state index is 13.0. The monoisotopic (exact) mass is 423 g/mol. The third-order valence-electron chi connectivity index (χ3n) is 5.95. The number of morpholine rings is 1. The molecule has 1 spiro atoms. The number of hydrogen-bond acceptors (Lipinski definition) is 6. The minimum Gasteiger partial charge on any atom is -0.497 e. The number of rotatable bonds is 4. The number of ether oxygens (including phenoxy) is 2. The molecule has 4 rings (SSSR count). The lowest BCUT2D eigenvalue weighted by Gasteiger charge is -2.39. The van der Waals surface area contributed by atoms with Crippen LogP contribution in [0, 0.1) is 0 Å². The van der Waals surface area contributed by atoms with Crippen LogP contribution in [0.2, 0.25) is 0 Å². The molecule has 2 bridgehead atoms. The molecule has 0 aliphatic carbocycles. The third-order valence-corrected chi connectivity index (χ3v) is 8.26. The summed E-state index contributed by atoms with van der Waals surface area (Å²) in [5.74, 6) is 0.204. The molecule has 3 atom stereocenters. The third kappa shape index (κ3) is 3.28. The molecule has 0 aromatic heterocycles. The Morgan fingerprint density at radius 1 is 1.24 bits per heavy atom. The van der Waals surface area contributed by atoms with Gasteiger partial charge in [0.1, 0.15) is 16.6 Å². The molecular weight excluding hydrogens is 398 g/mol. The lowest BCUT2D eigenvalue weighted by atomic mass is 9.99. The van der Waals surface area contributed by atoms with Gasteiger partial charge >= 0.3 is 0 Å². The summed E-state index contributed by atoms with van der Waals surface area (Å²) in [7, 11) is 1.07. The van der Waals surface area contributed by atoms with Gasteiger partial charge in [0.15, 0.2) is 0 Å². The second kappa shape index (κ2) is 6.96. The molecule has 2 amide bonds. The van der Waals surface area contributed by atoms with E-state index in [1.54, 1.807) is 50.4 Å². The van der Waals surface area contributed by atoms with E-state index >= 15 is 0 Å². The number of fused-ring (bicyclic) bond motifs is 1. The summed E-state index contributed by atoms with van der Waals surface area (Å²) in [5.41, 5.74) is -0.475. The summed E-state index contributed by atoms with van der Waals surface area (Å²) in [6.45, 7) is 0.413. The van der Waals surface area contributed by atoms with Gasteiger partial charge in [-0.1, -0.05) is 0 Å². The fourth-order valence-electron chi connectivity index (χ4n) is 4.45. The van der Waals surface area contributed by atoms with E-state index in [4.69, 9.17) is 9.47 Å². The fraction of sp³-hybridized carbons (Fsp3) is 0.579. The van der Waals surface area contributed by atoms with Gasteiger partial charge in [-0.3, -0.25) is 9.59 Å². The average molecular weight is 423 g/mol. The van der Waals surface area contributed by atoms with Gasteiger partial charge in [0.05, 0.1) is 26.3 Å². The summed E-state index contributed by atoms with van der Waals surface area (Å²) in [6, 6.07) is 6.83. The summed E-state index contributed by atoms with van der Waals surface area (Å²) < 4.78 is 38.5. The first kappa shape index (κ1) is 20.1. The Hall–Kier alpha value is -2.17. The maximum atomic E-state index is 13.0. The van der Waals surface area contributed by atoms with Gasteiger partial charge in [0.2, 0.25) is 15.9 Å². The van der Waals surface area contributed by atoms with E-state index in [0.29, 0.717) is 24.3 Å². The number of likely N-dealkylation sites (tertiary alicyclic amines) is 1. The molecule has 0 radical (unpaired) electrons. The van der Waals surface area contributed by atoms with Crippen LogP contribution in [-0.4, -0.2) is 98.7 Å². The van der Waals surface area contributed by atoms with Crippen molar-refractivity contribution in [3.05, 3.63) is 29.8 Å². The van der Waals surface area contributed by atoms with E-state index < -0.39 is 20.9 Å². The second-order valence-corrected chi connectivity index (χ2v) is 10.2. The summed E-state index contributed by atoms with van der Waals surface area (Å²) in [6.07, 6.45) is 0.0129. The van der Waals surface area contributed by atoms with E-state index in [1.807, 2.05) is 0 Å². The molecule has 1 aromatic rings. The first-order valence-corrected chi connectivity index (χ1v) is 11.0. The number of benzene rings is 1. The SMILES string of the molecule is COc1ccc(C(=O)N2C[C@H]3C[C@H]4[C@](C2)(CN(CC(=O)N(C)C)S4(=O)=O)O3)cc1. The smallest absolute Gasteiger partial charge is 0.254 e. The summed E-state index contributed by atoms with van der Waals surface area (Å²) >= 11 is 0. The Morgan fingerprint density at radius 3 is 2.55 bits per heavy atom. The van der Waals surface area contributed by atoms with E-state index in [1.165, 1.54) is 9.21 Å². The summed E-state index contributed by atoms with van der Waals surface area (Å²) in [4.78, 5) is 28.1. The molecule has 1 aromatic carbocycles. The Morgan fingerprint density at radius 2 is 1.93 bits per heavy atom. The molecule has 3 heterocycles. The number of hydrogen-bond donors (Lipinski definition) is 0. The number of nitrogens with zero attached hydrogens (tertiary/aromatic N) is 3. The van der Waals surface area contributed by atoms with Crippen molar-refractivity contribution in [2.45, 2.75) is 23.4 Å². The van der Waals surface area contributed by atoms with E-state index in [2.05, 4.69) is 0 Å². The van der Waals surface area contributed by atoms with Crippen LogP contribution >= 0.6 is 0 Å². The molecule has 3 saturated heterocycles. The fourth-order valence-corrected chi connectivity index (χ4v) is 6.71. The molecular formula is C19H25N3O6S. The first-order chi connectivity index (χ1) is 13.7. The molecule has 0 unspecified atom stereocenters. The minimum atomic E-state index is -3.67. The average Bonchev–Trinajstić information content (AvgIpc) is 3.06. The van der Waals surface area contributed by atoms with Gasteiger partial charge in [0.25, 0.3) is 5.91 Å². The van der Waals surface area contributed by atoms with Gasteiger partial charge < -0.3 is 19.3 Å². The number of carbonyl (C=O) groups is 2. The van der Waals surface area contributed by atoms with Gasteiger partial charge in [-0.25, -0.2) is 8.42 Å². The lowest BCUT2D eigenvalue weighted by Crippen LogP contribution is -2.56. The standard InChI is InChI=1S/C19H25N3O6S/c1-20(2)17(23)10-22-12-19-11-21(9-15(28-19)8-16(19)29(22,25)26)18(24)13-4-6-14(27-3)7-5-13/h4-7,15-16H,8-12H2,1-3H3/t15-,16+,19+/m1/s1. The molecule has 0 N–H and O–H groups in total. The van der Waals surface area contributed by atoms with E-state index in [-0.39, 0.29) is 37.6 Å². The van der Waals surface area contributed by atoms with Crippen molar-refractivity contribution in [3.8, 4) is 5.75 Å². The van der Waals surface area contributed by atoms with Crippen LogP contribution in [0.15, 0.2) is 24.3 Å². The predicted octanol–water partition coefficient (Wildman–Crippen LogP) is -0.219. The van der Waals surface area contributed by atoms with Crippen molar-refractivity contribution in [3.63, 3.8) is 0 Å². The molecule has 29 heavy (non-hydrogen) atoms. The predicted molar refractivity (Wildman–Crippen MR) is 104 cm³/mol. The highest BCUT2D eigenvalue weighted by molar-refractivity contribution is 7.90. The molecule has 3 fully saturated rings. The number of sulfonamides is 1. The number of methoxy groups -OCH3 is 1. The highest BCUT2D eigenvalue weighted by atomic mass is 32.2. The molecule has 0 saturated carbocycles. The van der Waals surface area contributed by atoms with Crippen molar-refractivity contribution in [1.82, 2.24) is 14.1 Å². The van der Waals surface area contributed by atoms with Crippen LogP contribution < -0.4 is 4.74 Å². The van der Waals surface area contributed by atoms with E-state index in [0.717, 1.165) is 0 Å². The van der Waals surface area contributed by atoms with Gasteiger partial charge in [-0.05, 0) is 30.7 Å². The molecule has 9 nitrogen and oxygen atoms in total. The minimum absolute atomic E-state index is 0.0858. The summed E-state index contributed by atoms with van der Waals surface area (Å²) in [5, 5.41) is -0.733. The Kier molecular flexibility index (Phi) is 4.83. The largest absolute Gasteiger partial charge is 0.497 e. The molecule has 10 heteroatoms. The van der Waals surface area contributed by atoms with Crippen LogP contribution in [0.4, 0.5) is 0 Å². The van der Waals surface area contributed by atoms with Crippen LogP contribution in [-0.2, 0) is 19.6 Å². The van der Waals surface area contributed by atoms with Gasteiger partial charge in [0, 0.05) is 32.7 Å².